The van der Waals surface area contributed by atoms with E-state index in [4.69, 9.17) is 5.84 Å². The van der Waals surface area contributed by atoms with E-state index in [0.717, 1.165) is 19.3 Å². The Bertz CT molecular complexity index is 490. The van der Waals surface area contributed by atoms with Crippen LogP contribution in [0.5, 0.6) is 0 Å². The van der Waals surface area contributed by atoms with Crippen LogP contribution in [0.2, 0.25) is 0 Å². The standard InChI is InChI=1S/C12H21N7O2/c1-9(18-5-3-2-4-6-18)7-14-11-10(19(20)21)8-15-12(16-11)17-13/h8-9H,2-7,13H2,1H3,(H2,14,15,16,17). The number of hydrogen-bond donors (Lipinski definition) is 3. The Morgan fingerprint density at radius 2 is 2.19 bits per heavy atom. The minimum Gasteiger partial charge on any atom is -0.363 e. The number of nitrogens with one attached hydrogen (secondary N) is 2. The Morgan fingerprint density at radius 1 is 1.48 bits per heavy atom. The molecule has 0 amide bonds. The second kappa shape index (κ2) is 7.14. The van der Waals surface area contributed by atoms with E-state index in [0.29, 0.717) is 6.54 Å². The zero-order valence-corrected chi connectivity index (χ0v) is 12.1. The number of rotatable bonds is 6. The normalized spacial score (nSPS) is 17.2. The molecule has 2 rings (SSSR count). The lowest BCUT2D eigenvalue weighted by Crippen LogP contribution is -2.41. The maximum absolute atomic E-state index is 11.0. The average Bonchev–Trinajstić information content (AvgIpc) is 2.52. The van der Waals surface area contributed by atoms with Gasteiger partial charge in [-0.3, -0.25) is 20.4 Å². The molecule has 1 aromatic heterocycles. The predicted octanol–water partition coefficient (Wildman–Crippen LogP) is 0.957. The van der Waals surface area contributed by atoms with Crippen LogP contribution in [0, 0.1) is 10.1 Å². The molecule has 2 heterocycles. The molecule has 0 aliphatic carbocycles. The second-order valence-corrected chi connectivity index (χ2v) is 5.16. The second-order valence-electron chi connectivity index (χ2n) is 5.16. The Hall–Kier alpha value is -2.00. The quantitative estimate of drug-likeness (QED) is 0.403. The molecule has 1 aromatic rings. The maximum atomic E-state index is 11.0. The zero-order chi connectivity index (χ0) is 15.2. The lowest BCUT2D eigenvalue weighted by atomic mass is 10.1. The van der Waals surface area contributed by atoms with Crippen molar-refractivity contribution in [2.75, 3.05) is 30.4 Å². The van der Waals surface area contributed by atoms with Gasteiger partial charge in [0.15, 0.2) is 0 Å². The smallest absolute Gasteiger partial charge is 0.329 e. The van der Waals surface area contributed by atoms with E-state index in [9.17, 15) is 10.1 Å². The fraction of sp³-hybridized carbons (Fsp3) is 0.667. The first-order chi connectivity index (χ1) is 10.1. The molecule has 1 fully saturated rings. The highest BCUT2D eigenvalue weighted by molar-refractivity contribution is 5.56. The zero-order valence-electron chi connectivity index (χ0n) is 12.1. The van der Waals surface area contributed by atoms with Crippen molar-refractivity contribution in [2.45, 2.75) is 32.2 Å². The van der Waals surface area contributed by atoms with Gasteiger partial charge in [0.2, 0.25) is 11.8 Å². The molecule has 4 N–H and O–H groups in total. The van der Waals surface area contributed by atoms with Crippen molar-refractivity contribution in [3.63, 3.8) is 0 Å². The maximum Gasteiger partial charge on any atom is 0.329 e. The van der Waals surface area contributed by atoms with E-state index in [1.165, 1.54) is 19.3 Å². The Kier molecular flexibility index (Phi) is 5.23. The molecule has 116 valence electrons. The molecule has 0 spiro atoms. The summed E-state index contributed by atoms with van der Waals surface area (Å²) in [6, 6.07) is 0.286. The van der Waals surface area contributed by atoms with E-state index in [1.807, 2.05) is 0 Å². The summed E-state index contributed by atoms with van der Waals surface area (Å²) in [6.45, 7) is 4.84. The summed E-state index contributed by atoms with van der Waals surface area (Å²) in [5, 5.41) is 14.0. The summed E-state index contributed by atoms with van der Waals surface area (Å²) in [6.07, 6.45) is 4.84. The summed E-state index contributed by atoms with van der Waals surface area (Å²) in [4.78, 5) is 20.6. The first-order valence-electron chi connectivity index (χ1n) is 7.07. The van der Waals surface area contributed by atoms with Crippen LogP contribution in [0.3, 0.4) is 0 Å². The highest BCUT2D eigenvalue weighted by atomic mass is 16.6. The summed E-state index contributed by atoms with van der Waals surface area (Å²) in [7, 11) is 0. The molecule has 1 saturated heterocycles. The third-order valence-electron chi connectivity index (χ3n) is 3.67. The van der Waals surface area contributed by atoms with Gasteiger partial charge >= 0.3 is 5.69 Å². The molecule has 21 heavy (non-hydrogen) atoms. The van der Waals surface area contributed by atoms with Crippen LogP contribution < -0.4 is 16.6 Å². The van der Waals surface area contributed by atoms with Crippen LogP contribution in [0.25, 0.3) is 0 Å². The van der Waals surface area contributed by atoms with Crippen molar-refractivity contribution < 1.29 is 4.92 Å². The van der Waals surface area contributed by atoms with E-state index < -0.39 is 4.92 Å². The van der Waals surface area contributed by atoms with E-state index in [1.54, 1.807) is 0 Å². The lowest BCUT2D eigenvalue weighted by molar-refractivity contribution is -0.384. The van der Waals surface area contributed by atoms with Crippen molar-refractivity contribution >= 4 is 17.5 Å². The van der Waals surface area contributed by atoms with Gasteiger partial charge in [0.05, 0.1) is 4.92 Å². The van der Waals surface area contributed by atoms with Crippen LogP contribution in [0.1, 0.15) is 26.2 Å². The Morgan fingerprint density at radius 3 is 2.81 bits per heavy atom. The number of anilines is 2. The highest BCUT2D eigenvalue weighted by Crippen LogP contribution is 2.22. The Balaban J connectivity index is 2.02. The monoisotopic (exact) mass is 295 g/mol. The van der Waals surface area contributed by atoms with Crippen molar-refractivity contribution in [1.82, 2.24) is 14.9 Å². The van der Waals surface area contributed by atoms with Gasteiger partial charge in [-0.25, -0.2) is 10.8 Å². The summed E-state index contributed by atoms with van der Waals surface area (Å²) >= 11 is 0. The molecule has 0 bridgehead atoms. The molecule has 1 atom stereocenters. The minimum absolute atomic E-state index is 0.147. The molecule has 9 heteroatoms. The van der Waals surface area contributed by atoms with Crippen LogP contribution in [0.15, 0.2) is 6.20 Å². The fourth-order valence-electron chi connectivity index (χ4n) is 2.44. The van der Waals surface area contributed by atoms with E-state index in [2.05, 4.69) is 32.5 Å². The average molecular weight is 295 g/mol. The van der Waals surface area contributed by atoms with Gasteiger partial charge in [0, 0.05) is 12.6 Å². The van der Waals surface area contributed by atoms with Gasteiger partial charge in [0.1, 0.15) is 6.20 Å². The summed E-state index contributed by atoms with van der Waals surface area (Å²) in [5.74, 6) is 5.57. The fourth-order valence-corrected chi connectivity index (χ4v) is 2.44. The third kappa shape index (κ3) is 3.99. The molecule has 1 aliphatic heterocycles. The van der Waals surface area contributed by atoms with Gasteiger partial charge in [-0.1, -0.05) is 6.42 Å². The lowest BCUT2D eigenvalue weighted by Gasteiger charge is -2.32. The summed E-state index contributed by atoms with van der Waals surface area (Å²) < 4.78 is 0. The number of aromatic nitrogens is 2. The topological polar surface area (TPSA) is 122 Å². The number of piperidine rings is 1. The van der Waals surface area contributed by atoms with Gasteiger partial charge in [-0.05, 0) is 32.9 Å². The molecule has 0 aromatic carbocycles. The molecule has 1 unspecified atom stereocenters. The van der Waals surface area contributed by atoms with Crippen molar-refractivity contribution in [1.29, 1.82) is 0 Å². The van der Waals surface area contributed by atoms with Crippen LogP contribution in [-0.2, 0) is 0 Å². The minimum atomic E-state index is -0.506. The predicted molar refractivity (Wildman–Crippen MR) is 79.9 cm³/mol. The van der Waals surface area contributed by atoms with Gasteiger partial charge < -0.3 is 5.32 Å². The van der Waals surface area contributed by atoms with Crippen molar-refractivity contribution in [3.8, 4) is 0 Å². The van der Waals surface area contributed by atoms with Gasteiger partial charge in [0.25, 0.3) is 0 Å². The molecular formula is C12H21N7O2. The number of nitrogens with zero attached hydrogens (tertiary/aromatic N) is 4. The molecule has 0 radical (unpaired) electrons. The van der Waals surface area contributed by atoms with Gasteiger partial charge in [-0.15, -0.1) is 0 Å². The van der Waals surface area contributed by atoms with E-state index in [-0.39, 0.29) is 23.5 Å². The SMILES string of the molecule is CC(CNc1nc(NN)ncc1[N+](=O)[O-])N1CCCCC1. The van der Waals surface area contributed by atoms with Crippen molar-refractivity contribution in [3.05, 3.63) is 16.3 Å². The highest BCUT2D eigenvalue weighted by Gasteiger charge is 2.20. The van der Waals surface area contributed by atoms with Crippen LogP contribution in [-0.4, -0.2) is 45.5 Å². The third-order valence-corrected chi connectivity index (χ3v) is 3.67. The number of likely N-dealkylation sites (tertiary alicyclic amines) is 1. The molecule has 9 nitrogen and oxygen atoms in total. The Labute approximate surface area is 123 Å². The summed E-state index contributed by atoms with van der Waals surface area (Å²) in [5.41, 5.74) is 2.14. The van der Waals surface area contributed by atoms with Crippen molar-refractivity contribution in [2.24, 2.45) is 5.84 Å². The number of hydrazine groups is 1. The number of hydrogen-bond acceptors (Lipinski definition) is 8. The number of nitrogen functional groups attached to an aromatic ring is 1. The largest absolute Gasteiger partial charge is 0.363 e. The van der Waals surface area contributed by atoms with Crippen LogP contribution in [0.4, 0.5) is 17.5 Å². The number of nitrogens with two attached hydrogens (primary N) is 1. The molecular weight excluding hydrogens is 274 g/mol. The van der Waals surface area contributed by atoms with Gasteiger partial charge in [-0.2, -0.15) is 4.98 Å². The number of nitro groups is 1. The first-order valence-corrected chi connectivity index (χ1v) is 7.07. The van der Waals surface area contributed by atoms with E-state index >= 15 is 0 Å². The van der Waals surface area contributed by atoms with Crippen LogP contribution >= 0.6 is 0 Å². The first kappa shape index (κ1) is 15.4. The molecule has 1 aliphatic rings. The molecule has 0 saturated carbocycles.